The zero-order chi connectivity index (χ0) is 21.4. The second-order valence-electron chi connectivity index (χ2n) is 6.18. The van der Waals surface area contributed by atoms with E-state index in [1.807, 2.05) is 0 Å². The molecule has 2 aromatic rings. The molecule has 0 bridgehead atoms. The topological polar surface area (TPSA) is 70.2 Å². The van der Waals surface area contributed by atoms with E-state index < -0.39 is 30.7 Å². The van der Waals surface area contributed by atoms with Gasteiger partial charge in [-0.1, -0.05) is 11.6 Å². The van der Waals surface area contributed by atoms with Crippen LogP contribution in [0, 0.1) is 0 Å². The van der Waals surface area contributed by atoms with Crippen molar-refractivity contribution in [2.24, 2.45) is 0 Å². The SMILES string of the molecule is O=C(Nc1ccc(OCC(F)(F)F)c(Cl)c1)N1CCc2[nH]nc(C(F)(F)F)c2C1. The van der Waals surface area contributed by atoms with Crippen molar-refractivity contribution in [3.05, 3.63) is 40.2 Å². The minimum atomic E-state index is -4.65. The number of H-pyrrole nitrogens is 1. The largest absolute Gasteiger partial charge is 0.483 e. The van der Waals surface area contributed by atoms with Gasteiger partial charge in [0.05, 0.1) is 11.6 Å². The standard InChI is InChI=1S/C16H13ClF6N4O2/c17-10-5-8(1-2-12(10)29-7-15(18,19)20)24-14(28)27-4-3-11-9(6-27)13(26-25-11)16(21,22)23/h1-2,5H,3-4,6-7H2,(H,24,28)(H,25,26). The molecule has 2 heterocycles. The first kappa shape index (κ1) is 21.1. The quantitative estimate of drug-likeness (QED) is 0.682. The summed E-state index contributed by atoms with van der Waals surface area (Å²) in [6.45, 7) is -1.67. The first-order valence-electron chi connectivity index (χ1n) is 8.12. The molecule has 2 amide bonds. The lowest BCUT2D eigenvalue weighted by Crippen LogP contribution is -2.39. The second kappa shape index (κ2) is 7.65. The number of aromatic nitrogens is 2. The first-order chi connectivity index (χ1) is 13.4. The summed E-state index contributed by atoms with van der Waals surface area (Å²) in [5.74, 6) is -0.224. The Morgan fingerprint density at radius 2 is 2.00 bits per heavy atom. The van der Waals surface area contributed by atoms with Crippen LogP contribution < -0.4 is 10.1 Å². The molecule has 0 fully saturated rings. The molecular weight excluding hydrogens is 430 g/mol. The summed E-state index contributed by atoms with van der Waals surface area (Å²) < 4.78 is 80.2. The molecule has 29 heavy (non-hydrogen) atoms. The summed E-state index contributed by atoms with van der Waals surface area (Å²) in [5.41, 5.74) is -0.712. The molecule has 0 saturated carbocycles. The zero-order valence-corrected chi connectivity index (χ0v) is 15.2. The van der Waals surface area contributed by atoms with E-state index in [0.29, 0.717) is 5.69 Å². The van der Waals surface area contributed by atoms with E-state index in [4.69, 9.17) is 11.6 Å². The van der Waals surface area contributed by atoms with Crippen molar-refractivity contribution in [3.8, 4) is 5.75 Å². The molecule has 1 aromatic carbocycles. The van der Waals surface area contributed by atoms with Crippen LogP contribution in [0.3, 0.4) is 0 Å². The van der Waals surface area contributed by atoms with Gasteiger partial charge in [0.25, 0.3) is 0 Å². The highest BCUT2D eigenvalue weighted by molar-refractivity contribution is 6.32. The number of halogens is 7. The maximum absolute atomic E-state index is 13.0. The van der Waals surface area contributed by atoms with Gasteiger partial charge in [-0.05, 0) is 18.2 Å². The molecule has 1 aliphatic heterocycles. The Kier molecular flexibility index (Phi) is 5.57. The summed E-state index contributed by atoms with van der Waals surface area (Å²) in [6.07, 6.45) is -9.02. The molecule has 0 spiro atoms. The van der Waals surface area contributed by atoms with Crippen LogP contribution in [0.5, 0.6) is 5.75 Å². The molecule has 3 rings (SSSR count). The van der Waals surface area contributed by atoms with Crippen molar-refractivity contribution in [2.45, 2.75) is 25.3 Å². The van der Waals surface area contributed by atoms with Crippen LogP contribution in [-0.2, 0) is 19.1 Å². The maximum Gasteiger partial charge on any atom is 0.435 e. The van der Waals surface area contributed by atoms with E-state index >= 15 is 0 Å². The predicted octanol–water partition coefficient (Wildman–Crippen LogP) is 4.61. The summed E-state index contributed by atoms with van der Waals surface area (Å²) >= 11 is 5.86. The fourth-order valence-electron chi connectivity index (χ4n) is 2.76. The second-order valence-corrected chi connectivity index (χ2v) is 6.59. The number of hydrogen-bond acceptors (Lipinski definition) is 3. The van der Waals surface area contributed by atoms with E-state index in [-0.39, 0.29) is 41.5 Å². The number of urea groups is 1. The Hall–Kier alpha value is -2.63. The number of amides is 2. The Labute approximate surface area is 164 Å². The number of alkyl halides is 6. The van der Waals surface area contributed by atoms with Crippen LogP contribution in [0.2, 0.25) is 5.02 Å². The van der Waals surface area contributed by atoms with Crippen molar-refractivity contribution < 1.29 is 35.9 Å². The third kappa shape index (κ3) is 5.05. The molecule has 0 radical (unpaired) electrons. The highest BCUT2D eigenvalue weighted by Gasteiger charge is 2.39. The molecule has 0 aliphatic carbocycles. The van der Waals surface area contributed by atoms with E-state index in [9.17, 15) is 31.1 Å². The third-order valence-corrected chi connectivity index (χ3v) is 4.36. The summed E-state index contributed by atoms with van der Waals surface area (Å²) in [6, 6.07) is 2.91. The van der Waals surface area contributed by atoms with Crippen LogP contribution in [0.4, 0.5) is 36.8 Å². The van der Waals surface area contributed by atoms with Crippen molar-refractivity contribution in [1.82, 2.24) is 15.1 Å². The van der Waals surface area contributed by atoms with Crippen molar-refractivity contribution in [2.75, 3.05) is 18.5 Å². The number of nitrogens with one attached hydrogen (secondary N) is 2. The van der Waals surface area contributed by atoms with Gasteiger partial charge >= 0.3 is 18.4 Å². The number of benzene rings is 1. The van der Waals surface area contributed by atoms with Gasteiger partial charge in [-0.2, -0.15) is 31.4 Å². The van der Waals surface area contributed by atoms with Gasteiger partial charge in [0, 0.05) is 29.9 Å². The monoisotopic (exact) mass is 442 g/mol. The van der Waals surface area contributed by atoms with Crippen LogP contribution in [0.25, 0.3) is 0 Å². The summed E-state index contributed by atoms with van der Waals surface area (Å²) in [5, 5.41) is 7.90. The number of rotatable bonds is 3. The van der Waals surface area contributed by atoms with E-state index in [0.717, 1.165) is 11.0 Å². The van der Waals surface area contributed by atoms with Gasteiger partial charge in [0.15, 0.2) is 12.3 Å². The summed E-state index contributed by atoms with van der Waals surface area (Å²) in [4.78, 5) is 13.6. The smallest absolute Gasteiger partial charge is 0.435 e. The molecule has 13 heteroatoms. The number of aromatic amines is 1. The number of ether oxygens (including phenoxy) is 1. The van der Waals surface area contributed by atoms with Gasteiger partial charge in [-0.3, -0.25) is 5.10 Å². The van der Waals surface area contributed by atoms with Crippen LogP contribution in [0.15, 0.2) is 18.2 Å². The number of carbonyl (C=O) groups is 1. The van der Waals surface area contributed by atoms with Gasteiger partial charge < -0.3 is 15.0 Å². The molecule has 158 valence electrons. The van der Waals surface area contributed by atoms with E-state index in [1.165, 1.54) is 12.1 Å². The minimum Gasteiger partial charge on any atom is -0.483 e. The minimum absolute atomic E-state index is 0.104. The van der Waals surface area contributed by atoms with Crippen molar-refractivity contribution in [1.29, 1.82) is 0 Å². The molecular formula is C16H13ClF6N4O2. The highest BCUT2D eigenvalue weighted by Crippen LogP contribution is 2.34. The van der Waals surface area contributed by atoms with Gasteiger partial charge in [0.2, 0.25) is 0 Å². The summed E-state index contributed by atoms with van der Waals surface area (Å²) in [7, 11) is 0. The highest BCUT2D eigenvalue weighted by atomic mass is 35.5. The van der Waals surface area contributed by atoms with Crippen LogP contribution in [-0.4, -0.2) is 40.5 Å². The Bertz CT molecular complexity index is 912. The molecule has 1 aromatic heterocycles. The Morgan fingerprint density at radius 3 is 2.62 bits per heavy atom. The normalized spacial score (nSPS) is 14.5. The first-order valence-corrected chi connectivity index (χ1v) is 8.50. The molecule has 0 unspecified atom stereocenters. The number of fused-ring (bicyclic) bond motifs is 1. The van der Waals surface area contributed by atoms with Crippen LogP contribution >= 0.6 is 11.6 Å². The molecule has 0 atom stereocenters. The number of carbonyl (C=O) groups excluding carboxylic acids is 1. The Balaban J connectivity index is 1.67. The Morgan fingerprint density at radius 1 is 1.28 bits per heavy atom. The van der Waals surface area contributed by atoms with Gasteiger partial charge in [-0.25, -0.2) is 4.79 Å². The fraction of sp³-hybridized carbons (Fsp3) is 0.375. The number of hydrogen-bond donors (Lipinski definition) is 2. The van der Waals surface area contributed by atoms with E-state index in [2.05, 4.69) is 20.3 Å². The van der Waals surface area contributed by atoms with Crippen molar-refractivity contribution in [3.63, 3.8) is 0 Å². The van der Waals surface area contributed by atoms with E-state index in [1.54, 1.807) is 0 Å². The number of nitrogens with zero attached hydrogens (tertiary/aromatic N) is 2. The maximum atomic E-state index is 13.0. The predicted molar refractivity (Wildman–Crippen MR) is 89.7 cm³/mol. The molecule has 2 N–H and O–H groups in total. The lowest BCUT2D eigenvalue weighted by molar-refractivity contribution is -0.153. The average molecular weight is 443 g/mol. The van der Waals surface area contributed by atoms with Gasteiger partial charge in [0.1, 0.15) is 5.75 Å². The number of anilines is 1. The van der Waals surface area contributed by atoms with Crippen LogP contribution in [0.1, 0.15) is 17.0 Å². The lowest BCUT2D eigenvalue weighted by Gasteiger charge is -2.27. The van der Waals surface area contributed by atoms with Crippen molar-refractivity contribution >= 4 is 23.3 Å². The zero-order valence-electron chi connectivity index (χ0n) is 14.4. The molecule has 1 aliphatic rings. The molecule has 6 nitrogen and oxygen atoms in total. The fourth-order valence-corrected chi connectivity index (χ4v) is 3.00. The lowest BCUT2D eigenvalue weighted by atomic mass is 10.1. The molecule has 0 saturated heterocycles. The third-order valence-electron chi connectivity index (χ3n) is 4.06. The van der Waals surface area contributed by atoms with Gasteiger partial charge in [-0.15, -0.1) is 0 Å². The average Bonchev–Trinajstić information content (AvgIpc) is 3.03.